The monoisotopic (exact) mass is 662 g/mol. The van der Waals surface area contributed by atoms with Crippen molar-refractivity contribution in [3.63, 3.8) is 0 Å². The number of alkyl halides is 2. The van der Waals surface area contributed by atoms with Gasteiger partial charge in [0.25, 0.3) is 5.79 Å². The predicted octanol–water partition coefficient (Wildman–Crippen LogP) is 6.25. The number of benzene rings is 4. The molecule has 10 heteroatoms. The summed E-state index contributed by atoms with van der Waals surface area (Å²) in [6.45, 7) is 0.702. The molecule has 0 amide bonds. The lowest BCUT2D eigenvalue weighted by Gasteiger charge is -2.51. The molecule has 1 N–H and O–H groups in total. The quantitative estimate of drug-likeness (QED) is 0.141. The van der Waals surface area contributed by atoms with Gasteiger partial charge in [-0.05, 0) is 29.2 Å². The highest BCUT2D eigenvalue weighted by atomic mass is 19.3. The second-order valence-corrected chi connectivity index (χ2v) is 11.4. The normalized spacial score (nSPS) is 22.7. The number of hydrogen-bond acceptors (Lipinski definition) is 8. The van der Waals surface area contributed by atoms with Crippen LogP contribution in [0.2, 0.25) is 0 Å². The largest absolute Gasteiger partial charge is 0.461 e. The smallest absolute Gasteiger partial charge is 0.397 e. The van der Waals surface area contributed by atoms with Crippen LogP contribution in [-0.4, -0.2) is 60.4 Å². The second-order valence-electron chi connectivity index (χ2n) is 11.4. The van der Waals surface area contributed by atoms with E-state index in [1.807, 2.05) is 91.0 Å². The summed E-state index contributed by atoms with van der Waals surface area (Å²) in [7, 11) is 0. The van der Waals surface area contributed by atoms with E-state index in [0.29, 0.717) is 5.56 Å². The first-order valence-corrected chi connectivity index (χ1v) is 15.8. The lowest BCUT2D eigenvalue weighted by atomic mass is 9.87. The van der Waals surface area contributed by atoms with Crippen molar-refractivity contribution in [1.82, 2.24) is 0 Å². The van der Waals surface area contributed by atoms with Crippen LogP contribution in [0.15, 0.2) is 121 Å². The summed E-state index contributed by atoms with van der Waals surface area (Å²) >= 11 is 0. The molecule has 0 bridgehead atoms. The van der Waals surface area contributed by atoms with E-state index < -0.39 is 42.1 Å². The lowest BCUT2D eigenvalue weighted by Crippen LogP contribution is -2.74. The number of hydrogen-bond donors (Lipinski definition) is 1. The van der Waals surface area contributed by atoms with Gasteiger partial charge in [-0.2, -0.15) is 8.78 Å². The molecule has 8 nitrogen and oxygen atoms in total. The van der Waals surface area contributed by atoms with Gasteiger partial charge in [-0.1, -0.05) is 121 Å². The van der Waals surface area contributed by atoms with E-state index in [9.17, 15) is 9.90 Å². The Bertz CT molecular complexity index is 1530. The van der Waals surface area contributed by atoms with Crippen molar-refractivity contribution in [2.24, 2.45) is 0 Å². The van der Waals surface area contributed by atoms with E-state index in [4.69, 9.17) is 28.4 Å². The Balaban J connectivity index is 1.54. The van der Waals surface area contributed by atoms with Crippen LogP contribution in [0.3, 0.4) is 0 Å². The Kier molecular flexibility index (Phi) is 12.4. The number of aliphatic hydroxyl groups is 1. The van der Waals surface area contributed by atoms with E-state index >= 15 is 8.78 Å². The van der Waals surface area contributed by atoms with E-state index in [1.54, 1.807) is 30.3 Å². The Morgan fingerprint density at radius 3 is 1.56 bits per heavy atom. The number of ether oxygens (including phenoxy) is 6. The van der Waals surface area contributed by atoms with Gasteiger partial charge in [-0.15, -0.1) is 0 Å². The molecule has 254 valence electrons. The summed E-state index contributed by atoms with van der Waals surface area (Å²) in [6, 6.07) is 36.5. The molecule has 0 spiro atoms. The lowest BCUT2D eigenvalue weighted by molar-refractivity contribution is -0.417. The van der Waals surface area contributed by atoms with Crippen LogP contribution >= 0.6 is 0 Å². The van der Waals surface area contributed by atoms with E-state index in [1.165, 1.54) is 6.92 Å². The number of halogens is 2. The zero-order chi connectivity index (χ0) is 33.8. The molecule has 5 rings (SSSR count). The maximum atomic E-state index is 16.3. The predicted molar refractivity (Wildman–Crippen MR) is 173 cm³/mol. The summed E-state index contributed by atoms with van der Waals surface area (Å²) in [5.41, 5.74) is 3.02. The minimum Gasteiger partial charge on any atom is -0.461 e. The van der Waals surface area contributed by atoms with Crippen LogP contribution in [0, 0.1) is 0 Å². The van der Waals surface area contributed by atoms with Crippen molar-refractivity contribution < 1.29 is 47.1 Å². The van der Waals surface area contributed by atoms with Gasteiger partial charge in [0.1, 0.15) is 24.4 Å². The van der Waals surface area contributed by atoms with Gasteiger partial charge in [-0.3, -0.25) is 0 Å². The van der Waals surface area contributed by atoms with Crippen molar-refractivity contribution >= 4 is 5.97 Å². The van der Waals surface area contributed by atoms with Crippen LogP contribution < -0.4 is 0 Å². The van der Waals surface area contributed by atoms with E-state index in [0.717, 1.165) is 16.7 Å². The Hall–Kier alpha value is -4.03. The SMILES string of the molecule is CCOC(=O)C(F)(F)[C@@]1(O)O[C@H](COCc2ccccc2)[C@@H](OCc2ccccc2)[C@H](OCc2ccccc2)[C@H]1OCc1ccccc1. The van der Waals surface area contributed by atoms with Crippen molar-refractivity contribution in [2.45, 2.75) is 69.5 Å². The molecular formula is C38H40F2O8. The van der Waals surface area contributed by atoms with Crippen LogP contribution in [-0.2, 0) is 59.6 Å². The zero-order valence-electron chi connectivity index (χ0n) is 26.7. The first-order valence-electron chi connectivity index (χ1n) is 15.8. The minimum atomic E-state index is -4.58. The minimum absolute atomic E-state index is 0.0411. The number of carbonyl (C=O) groups excluding carboxylic acids is 1. The average Bonchev–Trinajstić information content (AvgIpc) is 3.11. The van der Waals surface area contributed by atoms with Crippen molar-refractivity contribution in [3.8, 4) is 0 Å². The molecule has 5 atom stereocenters. The number of rotatable bonds is 16. The van der Waals surface area contributed by atoms with Crippen LogP contribution in [0.4, 0.5) is 8.78 Å². The van der Waals surface area contributed by atoms with Crippen molar-refractivity contribution in [1.29, 1.82) is 0 Å². The molecule has 1 saturated heterocycles. The first kappa shape index (κ1) is 35.3. The summed E-state index contributed by atoms with van der Waals surface area (Å²) < 4.78 is 67.9. The topological polar surface area (TPSA) is 92.7 Å². The molecule has 0 unspecified atom stereocenters. The molecule has 0 radical (unpaired) electrons. The Morgan fingerprint density at radius 1 is 0.688 bits per heavy atom. The molecule has 4 aromatic carbocycles. The van der Waals surface area contributed by atoms with Crippen LogP contribution in [0.1, 0.15) is 29.2 Å². The van der Waals surface area contributed by atoms with Crippen molar-refractivity contribution in [2.75, 3.05) is 13.2 Å². The van der Waals surface area contributed by atoms with Gasteiger partial charge in [0.15, 0.2) is 0 Å². The highest BCUT2D eigenvalue weighted by Gasteiger charge is 2.72. The second kappa shape index (κ2) is 16.9. The van der Waals surface area contributed by atoms with E-state index in [-0.39, 0.29) is 39.6 Å². The molecule has 48 heavy (non-hydrogen) atoms. The molecule has 1 fully saturated rings. The molecule has 1 aliphatic heterocycles. The third-order valence-electron chi connectivity index (χ3n) is 7.92. The van der Waals surface area contributed by atoms with Crippen LogP contribution in [0.25, 0.3) is 0 Å². The third kappa shape index (κ3) is 8.70. The van der Waals surface area contributed by atoms with E-state index in [2.05, 4.69) is 0 Å². The molecule has 0 saturated carbocycles. The fourth-order valence-electron chi connectivity index (χ4n) is 5.47. The summed E-state index contributed by atoms with van der Waals surface area (Å²) in [4.78, 5) is 12.8. The third-order valence-corrected chi connectivity index (χ3v) is 7.92. The Labute approximate surface area is 279 Å². The molecule has 1 heterocycles. The summed E-state index contributed by atoms with van der Waals surface area (Å²) in [5, 5.41) is 12.0. The van der Waals surface area contributed by atoms with Gasteiger partial charge < -0.3 is 33.5 Å². The molecule has 0 aromatic heterocycles. The van der Waals surface area contributed by atoms with Gasteiger partial charge >= 0.3 is 11.9 Å². The maximum absolute atomic E-state index is 16.3. The maximum Gasteiger partial charge on any atom is 0.397 e. The summed E-state index contributed by atoms with van der Waals surface area (Å²) in [6.07, 6.45) is -5.72. The van der Waals surface area contributed by atoms with Crippen molar-refractivity contribution in [3.05, 3.63) is 144 Å². The standard InChI is InChI=1S/C38H40F2O8/c1-2-44-36(41)37(39,40)38(42)35(47-26-31-21-13-6-14-22-31)34(46-25-30-19-11-5-12-20-30)33(45-24-29-17-9-4-10-18-29)32(48-38)27-43-23-28-15-7-3-8-16-28/h3-22,32-35,42H,2,23-27H2,1H3/t32-,33-,34+,35-,38+/m1/s1. The zero-order valence-corrected chi connectivity index (χ0v) is 26.7. The van der Waals surface area contributed by atoms with Gasteiger partial charge in [0, 0.05) is 0 Å². The fraction of sp³-hybridized carbons (Fsp3) is 0.342. The summed E-state index contributed by atoms with van der Waals surface area (Å²) in [5.74, 6) is -10.1. The highest BCUT2D eigenvalue weighted by molar-refractivity contribution is 5.79. The Morgan fingerprint density at radius 2 is 1.10 bits per heavy atom. The number of esters is 1. The number of carbonyl (C=O) groups is 1. The van der Waals surface area contributed by atoms with Gasteiger partial charge in [0.05, 0.1) is 39.6 Å². The fourth-order valence-corrected chi connectivity index (χ4v) is 5.47. The molecular weight excluding hydrogens is 622 g/mol. The molecule has 1 aliphatic rings. The molecule has 0 aliphatic carbocycles. The average molecular weight is 663 g/mol. The molecule has 4 aromatic rings. The van der Waals surface area contributed by atoms with Gasteiger partial charge in [0.2, 0.25) is 0 Å². The van der Waals surface area contributed by atoms with Crippen LogP contribution in [0.5, 0.6) is 0 Å². The first-order chi connectivity index (χ1) is 23.3. The van der Waals surface area contributed by atoms with Gasteiger partial charge in [-0.25, -0.2) is 4.79 Å². The highest BCUT2D eigenvalue weighted by Crippen LogP contribution is 2.44.